The molecule has 1 N–H and O–H groups in total. The molecule has 0 aliphatic carbocycles. The molecule has 78 valence electrons. The molecule has 0 radical (unpaired) electrons. The van der Waals surface area contributed by atoms with Crippen LogP contribution in [0.25, 0.3) is 0 Å². The van der Waals surface area contributed by atoms with Gasteiger partial charge in [-0.1, -0.05) is 5.92 Å². The molecule has 0 amide bonds. The maximum absolute atomic E-state index is 10.9. The minimum absolute atomic E-state index is 0.106. The van der Waals surface area contributed by atoms with Crippen molar-refractivity contribution in [3.05, 3.63) is 29.6 Å². The van der Waals surface area contributed by atoms with Crippen LogP contribution in [0.3, 0.4) is 0 Å². The molecule has 1 aromatic heterocycles. The number of aliphatic hydroxyl groups excluding tert-OH is 1. The molecule has 0 atom stereocenters. The van der Waals surface area contributed by atoms with Crippen molar-refractivity contribution in [2.24, 2.45) is 0 Å². The van der Waals surface area contributed by atoms with Crippen LogP contribution in [-0.4, -0.2) is 22.7 Å². The van der Waals surface area contributed by atoms with Crippen molar-refractivity contribution in [2.45, 2.75) is 13.5 Å². The monoisotopic (exact) mass is 205 g/mol. The Labute approximate surface area is 87.9 Å². The highest BCUT2D eigenvalue weighted by Gasteiger charge is 1.94. The molecule has 0 aliphatic rings. The Morgan fingerprint density at radius 1 is 1.60 bits per heavy atom. The van der Waals surface area contributed by atoms with E-state index in [0.717, 1.165) is 0 Å². The molecule has 0 aliphatic heterocycles. The summed E-state index contributed by atoms with van der Waals surface area (Å²) < 4.78 is 4.64. The van der Waals surface area contributed by atoms with Gasteiger partial charge in [-0.05, 0) is 19.1 Å². The highest BCUT2D eigenvalue weighted by Crippen LogP contribution is 1.98. The molecular weight excluding hydrogens is 194 g/mol. The zero-order chi connectivity index (χ0) is 11.1. The summed E-state index contributed by atoms with van der Waals surface area (Å²) in [5, 5.41) is 8.74. The van der Waals surface area contributed by atoms with Gasteiger partial charge in [0.1, 0.15) is 0 Å². The summed E-state index contributed by atoms with van der Waals surface area (Å²) in [5.41, 5.74) is 1.18. The van der Waals surface area contributed by atoms with E-state index in [2.05, 4.69) is 21.6 Å². The minimum Gasteiger partial charge on any atom is -0.456 e. The first-order valence-electron chi connectivity index (χ1n) is 4.50. The highest BCUT2D eigenvalue weighted by molar-refractivity contribution is 5.89. The average Bonchev–Trinajstić information content (AvgIpc) is 2.27. The zero-order valence-corrected chi connectivity index (χ0v) is 8.36. The lowest BCUT2D eigenvalue weighted by Crippen LogP contribution is -1.99. The van der Waals surface area contributed by atoms with Gasteiger partial charge in [0.05, 0.1) is 18.9 Å². The fraction of sp³-hybridized carbons (Fsp3) is 0.273. The van der Waals surface area contributed by atoms with E-state index in [1.807, 2.05) is 0 Å². The average molecular weight is 205 g/mol. The fourth-order valence-corrected chi connectivity index (χ4v) is 0.882. The number of carbonyl (C=O) groups is 1. The molecule has 1 rings (SSSR count). The van der Waals surface area contributed by atoms with E-state index in [-0.39, 0.29) is 6.61 Å². The molecule has 0 aromatic carbocycles. The van der Waals surface area contributed by atoms with Crippen LogP contribution in [-0.2, 0) is 16.1 Å². The first kappa shape index (κ1) is 11.2. The van der Waals surface area contributed by atoms with Gasteiger partial charge in [-0.15, -0.1) is 0 Å². The number of aliphatic hydroxyl groups is 1. The van der Waals surface area contributed by atoms with Crippen LogP contribution < -0.4 is 0 Å². The van der Waals surface area contributed by atoms with E-state index in [0.29, 0.717) is 17.9 Å². The second-order valence-electron chi connectivity index (χ2n) is 2.67. The predicted molar refractivity (Wildman–Crippen MR) is 53.7 cm³/mol. The van der Waals surface area contributed by atoms with Gasteiger partial charge in [0.25, 0.3) is 0 Å². The number of pyridine rings is 1. The highest BCUT2D eigenvalue weighted by atomic mass is 16.5. The van der Waals surface area contributed by atoms with Gasteiger partial charge in [0, 0.05) is 17.7 Å². The molecule has 4 heteroatoms. The molecule has 0 bridgehead atoms. The molecule has 1 heterocycles. The first-order chi connectivity index (χ1) is 7.26. The molecule has 0 spiro atoms. The Morgan fingerprint density at radius 2 is 2.40 bits per heavy atom. The SMILES string of the molecule is CCOC(=O)C#Cc1ccc(CO)nc1. The van der Waals surface area contributed by atoms with Crippen LogP contribution in [0.1, 0.15) is 18.2 Å². The number of hydrogen-bond acceptors (Lipinski definition) is 4. The van der Waals surface area contributed by atoms with Crippen molar-refractivity contribution in [1.82, 2.24) is 4.98 Å². The smallest absolute Gasteiger partial charge is 0.384 e. The molecular formula is C11H11NO3. The predicted octanol–water partition coefficient (Wildman–Crippen LogP) is 0.489. The van der Waals surface area contributed by atoms with Crippen molar-refractivity contribution >= 4 is 5.97 Å². The van der Waals surface area contributed by atoms with Crippen LogP contribution in [0.4, 0.5) is 0 Å². The number of rotatable bonds is 2. The standard InChI is InChI=1S/C11H11NO3/c1-2-15-11(14)6-4-9-3-5-10(8-13)12-7-9/h3,5,7,13H,2,8H2,1H3. The zero-order valence-electron chi connectivity index (χ0n) is 8.36. The number of carbonyl (C=O) groups excluding carboxylic acids is 1. The van der Waals surface area contributed by atoms with Crippen molar-refractivity contribution in [1.29, 1.82) is 0 Å². The molecule has 4 nitrogen and oxygen atoms in total. The van der Waals surface area contributed by atoms with Crippen LogP contribution in [0.2, 0.25) is 0 Å². The van der Waals surface area contributed by atoms with Gasteiger partial charge in [0.15, 0.2) is 0 Å². The largest absolute Gasteiger partial charge is 0.456 e. The van der Waals surface area contributed by atoms with Crippen LogP contribution in [0, 0.1) is 11.8 Å². The van der Waals surface area contributed by atoms with Gasteiger partial charge < -0.3 is 9.84 Å². The van der Waals surface area contributed by atoms with Crippen molar-refractivity contribution in [3.8, 4) is 11.8 Å². The molecule has 0 fully saturated rings. The summed E-state index contributed by atoms with van der Waals surface area (Å²) in [6.45, 7) is 1.93. The van der Waals surface area contributed by atoms with Crippen LogP contribution in [0.5, 0.6) is 0 Å². The number of aromatic nitrogens is 1. The van der Waals surface area contributed by atoms with E-state index in [9.17, 15) is 4.79 Å². The van der Waals surface area contributed by atoms with Crippen molar-refractivity contribution in [2.75, 3.05) is 6.61 Å². The quantitative estimate of drug-likeness (QED) is 0.564. The summed E-state index contributed by atoms with van der Waals surface area (Å²) >= 11 is 0. The molecule has 15 heavy (non-hydrogen) atoms. The maximum atomic E-state index is 10.9. The van der Waals surface area contributed by atoms with E-state index in [4.69, 9.17) is 5.11 Å². The van der Waals surface area contributed by atoms with Crippen LogP contribution in [0.15, 0.2) is 18.3 Å². The third-order valence-corrected chi connectivity index (χ3v) is 1.57. The van der Waals surface area contributed by atoms with Crippen molar-refractivity contribution < 1.29 is 14.6 Å². The lowest BCUT2D eigenvalue weighted by molar-refractivity contribution is -0.136. The Kier molecular flexibility index (Phi) is 4.32. The fourth-order valence-electron chi connectivity index (χ4n) is 0.882. The normalized spacial score (nSPS) is 8.93. The van der Waals surface area contributed by atoms with Gasteiger partial charge in [-0.3, -0.25) is 4.98 Å². The maximum Gasteiger partial charge on any atom is 0.384 e. The van der Waals surface area contributed by atoms with E-state index >= 15 is 0 Å². The summed E-state index contributed by atoms with van der Waals surface area (Å²) in [4.78, 5) is 14.8. The Balaban J connectivity index is 2.68. The van der Waals surface area contributed by atoms with E-state index in [1.165, 1.54) is 6.20 Å². The van der Waals surface area contributed by atoms with Gasteiger partial charge in [-0.2, -0.15) is 0 Å². The number of nitrogens with zero attached hydrogens (tertiary/aromatic N) is 1. The van der Waals surface area contributed by atoms with Crippen LogP contribution >= 0.6 is 0 Å². The minimum atomic E-state index is -0.552. The van der Waals surface area contributed by atoms with E-state index < -0.39 is 5.97 Å². The lowest BCUT2D eigenvalue weighted by Gasteiger charge is -1.94. The van der Waals surface area contributed by atoms with Crippen molar-refractivity contribution in [3.63, 3.8) is 0 Å². The molecule has 0 saturated carbocycles. The Morgan fingerprint density at radius 3 is 2.93 bits per heavy atom. The van der Waals surface area contributed by atoms with Gasteiger partial charge >= 0.3 is 5.97 Å². The van der Waals surface area contributed by atoms with Gasteiger partial charge in [-0.25, -0.2) is 4.79 Å². The number of esters is 1. The number of hydrogen-bond donors (Lipinski definition) is 1. The second-order valence-corrected chi connectivity index (χ2v) is 2.67. The summed E-state index contributed by atoms with van der Waals surface area (Å²) in [6.07, 6.45) is 1.50. The molecule has 0 unspecified atom stereocenters. The Hall–Kier alpha value is -1.86. The topological polar surface area (TPSA) is 59.4 Å². The lowest BCUT2D eigenvalue weighted by atomic mass is 10.2. The first-order valence-corrected chi connectivity index (χ1v) is 4.50. The van der Waals surface area contributed by atoms with E-state index in [1.54, 1.807) is 19.1 Å². The third kappa shape index (κ3) is 3.79. The second kappa shape index (κ2) is 5.78. The summed E-state index contributed by atoms with van der Waals surface area (Å²) in [5.74, 6) is 4.38. The molecule has 1 aromatic rings. The third-order valence-electron chi connectivity index (χ3n) is 1.57. The summed E-state index contributed by atoms with van der Waals surface area (Å²) in [6, 6.07) is 3.33. The summed E-state index contributed by atoms with van der Waals surface area (Å²) in [7, 11) is 0. The Bertz CT molecular complexity index is 387. The molecule has 0 saturated heterocycles. The van der Waals surface area contributed by atoms with Gasteiger partial charge in [0.2, 0.25) is 0 Å². The number of ether oxygens (including phenoxy) is 1.